The quantitative estimate of drug-likeness (QED) is 0.594. The molecule has 2 aliphatic heterocycles. The first kappa shape index (κ1) is 8.45. The van der Waals surface area contributed by atoms with Crippen LogP contribution < -0.4 is 0 Å². The van der Waals surface area contributed by atoms with Crippen LogP contribution in [0.2, 0.25) is 0 Å². The van der Waals surface area contributed by atoms with E-state index in [2.05, 4.69) is 0 Å². The van der Waals surface area contributed by atoms with Gasteiger partial charge in [0.15, 0.2) is 0 Å². The van der Waals surface area contributed by atoms with Crippen LogP contribution in [-0.2, 0) is 18.1 Å². The van der Waals surface area contributed by atoms with E-state index >= 15 is 0 Å². The summed E-state index contributed by atoms with van der Waals surface area (Å²) >= 11 is 0. The Morgan fingerprint density at radius 2 is 2.08 bits per heavy atom. The topological polar surface area (TPSA) is 36.9 Å². The Kier molecular flexibility index (Phi) is 1.70. The summed E-state index contributed by atoms with van der Waals surface area (Å²) in [5.41, 5.74) is 0.0727. The normalized spacial score (nSPS) is 39.2. The Labute approximate surface area is 71.7 Å². The molecule has 0 amide bonds. The first-order valence-electron chi connectivity index (χ1n) is 3.95. The van der Waals surface area contributed by atoms with Crippen molar-refractivity contribution in [2.45, 2.75) is 12.6 Å². The molecular weight excluding hydrogens is 179 g/mol. The van der Waals surface area contributed by atoms with Crippen molar-refractivity contribution in [1.82, 2.24) is 0 Å². The van der Waals surface area contributed by atoms with Gasteiger partial charge >= 0.3 is 70.9 Å². The van der Waals surface area contributed by atoms with Crippen molar-refractivity contribution < 1.29 is 18.1 Å². The van der Waals surface area contributed by atoms with Crippen molar-refractivity contribution in [3.8, 4) is 0 Å². The van der Waals surface area contributed by atoms with Crippen molar-refractivity contribution in [3.63, 3.8) is 0 Å². The van der Waals surface area contributed by atoms with Crippen LogP contribution >= 0.6 is 7.51 Å². The maximum absolute atomic E-state index is 5.55. The minimum absolute atomic E-state index is 0.0727. The van der Waals surface area contributed by atoms with E-state index in [0.717, 1.165) is 0 Å². The molecule has 0 aromatic carbocycles. The van der Waals surface area contributed by atoms with Gasteiger partial charge in [-0.05, 0) is 0 Å². The molecule has 1 fully saturated rings. The second-order valence-corrected chi connectivity index (χ2v) is 6.54. The van der Waals surface area contributed by atoms with E-state index in [1.807, 2.05) is 13.0 Å². The maximum atomic E-state index is 5.55. The first-order valence-corrected chi connectivity index (χ1v) is 5.93. The third-order valence-electron chi connectivity index (χ3n) is 2.33. The van der Waals surface area contributed by atoms with E-state index in [1.54, 1.807) is 13.4 Å². The Hall–Kier alpha value is -0.150. The van der Waals surface area contributed by atoms with E-state index in [1.165, 1.54) is 0 Å². The second-order valence-electron chi connectivity index (χ2n) is 2.89. The van der Waals surface area contributed by atoms with Crippen LogP contribution in [0.4, 0.5) is 0 Å². The van der Waals surface area contributed by atoms with Gasteiger partial charge in [-0.3, -0.25) is 0 Å². The SMILES string of the molecule is COP12(OC=CC1C)OCCO2. The number of allylic oxidation sites excluding steroid dienone is 1. The number of hydrogen-bond donors (Lipinski definition) is 0. The Balaban J connectivity index is 2.35. The summed E-state index contributed by atoms with van der Waals surface area (Å²) in [6.07, 6.45) is 3.52. The van der Waals surface area contributed by atoms with E-state index in [-0.39, 0.29) is 5.66 Å². The molecule has 4 nitrogen and oxygen atoms in total. The molecule has 2 rings (SSSR count). The van der Waals surface area contributed by atoms with Gasteiger partial charge in [0.1, 0.15) is 0 Å². The van der Waals surface area contributed by atoms with Crippen LogP contribution in [-0.4, -0.2) is 26.0 Å². The molecule has 2 aliphatic rings. The van der Waals surface area contributed by atoms with E-state index in [0.29, 0.717) is 13.2 Å². The fraction of sp³-hybridized carbons (Fsp3) is 0.714. The van der Waals surface area contributed by atoms with Crippen LogP contribution in [0.15, 0.2) is 12.3 Å². The molecular formula is C7H13O4P. The molecule has 1 spiro atoms. The molecule has 0 radical (unpaired) electrons. The second kappa shape index (κ2) is 2.42. The molecule has 1 unspecified atom stereocenters. The predicted molar refractivity (Wildman–Crippen MR) is 45.5 cm³/mol. The van der Waals surface area contributed by atoms with Gasteiger partial charge in [0, 0.05) is 0 Å². The van der Waals surface area contributed by atoms with Crippen LogP contribution in [0.1, 0.15) is 6.92 Å². The van der Waals surface area contributed by atoms with Gasteiger partial charge in [-0.25, -0.2) is 0 Å². The molecule has 0 saturated carbocycles. The van der Waals surface area contributed by atoms with Crippen LogP contribution in [0.3, 0.4) is 0 Å². The molecule has 1 saturated heterocycles. The van der Waals surface area contributed by atoms with Gasteiger partial charge in [-0.15, -0.1) is 0 Å². The average molecular weight is 192 g/mol. The third-order valence-corrected chi connectivity index (χ3v) is 6.29. The molecule has 2 heterocycles. The molecule has 0 N–H and O–H groups in total. The molecule has 0 aromatic rings. The molecule has 0 aliphatic carbocycles. The average Bonchev–Trinajstić information content (AvgIpc) is 2.64. The molecule has 70 valence electrons. The number of rotatable bonds is 1. The Morgan fingerprint density at radius 1 is 1.42 bits per heavy atom. The van der Waals surface area contributed by atoms with E-state index < -0.39 is 7.51 Å². The van der Waals surface area contributed by atoms with Gasteiger partial charge in [-0.1, -0.05) is 0 Å². The van der Waals surface area contributed by atoms with Gasteiger partial charge in [0.05, 0.1) is 0 Å². The summed E-state index contributed by atoms with van der Waals surface area (Å²) < 4.78 is 21.9. The van der Waals surface area contributed by atoms with Crippen LogP contribution in [0.25, 0.3) is 0 Å². The van der Waals surface area contributed by atoms with Crippen molar-refractivity contribution in [2.24, 2.45) is 0 Å². The Morgan fingerprint density at radius 3 is 2.50 bits per heavy atom. The van der Waals surface area contributed by atoms with Crippen molar-refractivity contribution in [1.29, 1.82) is 0 Å². The van der Waals surface area contributed by atoms with Gasteiger partial charge in [-0.2, -0.15) is 0 Å². The zero-order chi connectivity index (χ0) is 8.68. The Bertz CT molecular complexity index is 221. The summed E-state index contributed by atoms with van der Waals surface area (Å²) in [5.74, 6) is 0. The summed E-state index contributed by atoms with van der Waals surface area (Å²) in [7, 11) is -1.60. The van der Waals surface area contributed by atoms with Crippen LogP contribution in [0, 0.1) is 0 Å². The van der Waals surface area contributed by atoms with Gasteiger partial charge in [0.2, 0.25) is 0 Å². The molecule has 1 atom stereocenters. The van der Waals surface area contributed by atoms with Gasteiger partial charge < -0.3 is 0 Å². The molecule has 0 bridgehead atoms. The third kappa shape index (κ3) is 0.811. The molecule has 0 aromatic heterocycles. The van der Waals surface area contributed by atoms with E-state index in [4.69, 9.17) is 18.1 Å². The molecule has 12 heavy (non-hydrogen) atoms. The summed E-state index contributed by atoms with van der Waals surface area (Å²) in [6, 6.07) is 0. The van der Waals surface area contributed by atoms with E-state index in [9.17, 15) is 0 Å². The standard InChI is InChI=1S/C7H13O4P/c1-7-3-4-9-12(7,8-2)10-5-6-11-12/h3-4,7H,5-6H2,1-2H3. The summed E-state index contributed by atoms with van der Waals surface area (Å²) in [5, 5.41) is 0. The zero-order valence-electron chi connectivity index (χ0n) is 7.23. The van der Waals surface area contributed by atoms with Crippen molar-refractivity contribution >= 4 is 7.51 Å². The summed E-state index contributed by atoms with van der Waals surface area (Å²) in [6.45, 7) is 3.09. The van der Waals surface area contributed by atoms with Gasteiger partial charge in [0.25, 0.3) is 0 Å². The van der Waals surface area contributed by atoms with Crippen LogP contribution in [0.5, 0.6) is 0 Å². The number of hydrogen-bond acceptors (Lipinski definition) is 4. The fourth-order valence-corrected chi connectivity index (χ4v) is 4.48. The summed E-state index contributed by atoms with van der Waals surface area (Å²) in [4.78, 5) is 0. The monoisotopic (exact) mass is 192 g/mol. The van der Waals surface area contributed by atoms with Crippen molar-refractivity contribution in [2.75, 3.05) is 20.3 Å². The first-order chi connectivity index (χ1) is 5.72. The fourth-order valence-electron chi connectivity index (χ4n) is 1.55. The predicted octanol–water partition coefficient (Wildman–Crippen LogP) is 1.83. The minimum atomic E-state index is -3.18. The van der Waals surface area contributed by atoms with Crippen molar-refractivity contribution in [3.05, 3.63) is 12.3 Å². The molecule has 5 heteroatoms. The zero-order valence-corrected chi connectivity index (χ0v) is 8.12.